The van der Waals surface area contributed by atoms with Crippen LogP contribution in [0.4, 0.5) is 0 Å². The van der Waals surface area contributed by atoms with Crippen molar-refractivity contribution in [2.45, 2.75) is 92.1 Å². The van der Waals surface area contributed by atoms with Crippen molar-refractivity contribution in [2.75, 3.05) is 59.4 Å². The minimum Gasteiger partial charge on any atom is -0.480 e. The first kappa shape index (κ1) is 44.1. The van der Waals surface area contributed by atoms with Crippen LogP contribution < -0.4 is 5.32 Å². The second-order valence-electron chi connectivity index (χ2n) is 12.4. The monoisotopic (exact) mass is 647 g/mol. The number of ether oxygens (including phenoxy) is 5. The van der Waals surface area contributed by atoms with Crippen LogP contribution in [-0.2, 0) is 57.2 Å². The molecule has 0 aliphatic carbocycles. The largest absolute Gasteiger partial charge is 0.480 e. The lowest BCUT2D eigenvalue weighted by atomic mass is 9.87. The van der Waals surface area contributed by atoms with Crippen molar-refractivity contribution in [3.8, 4) is 0 Å². The fourth-order valence-electron chi connectivity index (χ4n) is 3.46. The lowest BCUT2D eigenvalue weighted by Crippen LogP contribution is -2.32. The molecule has 0 spiro atoms. The fraction of sp³-hybridized carbons (Fsp3) is 0.806. The number of hydrogen-bond donors (Lipinski definition) is 2. The van der Waals surface area contributed by atoms with E-state index >= 15 is 0 Å². The van der Waals surface area contributed by atoms with Gasteiger partial charge in [0.2, 0.25) is 5.91 Å². The van der Waals surface area contributed by atoms with Crippen LogP contribution in [0.3, 0.4) is 0 Å². The van der Waals surface area contributed by atoms with Gasteiger partial charge in [-0.3, -0.25) is 19.2 Å². The molecule has 0 rings (SSSR count). The van der Waals surface area contributed by atoms with Crippen LogP contribution in [-0.4, -0.2) is 106 Å². The van der Waals surface area contributed by atoms with E-state index in [-0.39, 0.29) is 101 Å². The molecule has 0 aromatic rings. The molecule has 45 heavy (non-hydrogen) atoms. The Kier molecular flexibility index (Phi) is 25.7. The van der Waals surface area contributed by atoms with Crippen LogP contribution >= 0.6 is 0 Å². The summed E-state index contributed by atoms with van der Waals surface area (Å²) in [6.45, 7) is 12.9. The van der Waals surface area contributed by atoms with Crippen molar-refractivity contribution in [3.05, 3.63) is 0 Å². The van der Waals surface area contributed by atoms with E-state index in [0.717, 1.165) is 6.42 Å². The van der Waals surface area contributed by atoms with Crippen molar-refractivity contribution < 1.29 is 62.4 Å². The maximum atomic E-state index is 12.7. The van der Waals surface area contributed by atoms with E-state index in [1.807, 2.05) is 0 Å². The Balaban J connectivity index is 0. The van der Waals surface area contributed by atoms with Gasteiger partial charge in [-0.1, -0.05) is 20.8 Å². The number of aliphatic carboxylic acids is 1. The van der Waals surface area contributed by atoms with Gasteiger partial charge in [-0.25, -0.2) is 4.79 Å². The molecule has 0 unspecified atom stereocenters. The summed E-state index contributed by atoms with van der Waals surface area (Å²) in [6, 6.07) is 0. The Bertz CT molecular complexity index is 900. The Hall–Kier alpha value is -3.03. The zero-order valence-corrected chi connectivity index (χ0v) is 27.7. The van der Waals surface area contributed by atoms with Crippen molar-refractivity contribution in [3.63, 3.8) is 0 Å². The number of Topliss-reactive ketones (excluding diaryl/α,β-unsaturated/α-hetero) is 2. The molecule has 0 saturated carbocycles. The van der Waals surface area contributed by atoms with Crippen LogP contribution in [0.15, 0.2) is 0 Å². The topological polar surface area (TPSA) is 198 Å². The Morgan fingerprint density at radius 3 is 1.84 bits per heavy atom. The van der Waals surface area contributed by atoms with Gasteiger partial charge in [-0.05, 0) is 45.4 Å². The number of carbonyl (C=O) groups excluding carboxylic acids is 6. The van der Waals surface area contributed by atoms with Gasteiger partial charge in [0.1, 0.15) is 24.6 Å². The SMILES string of the molecule is CC(C)(C)CCC(=O)C[C@@H](CCC(=O)NCCOCCOCC(=O)CCCOCCOCC(=O)O)C(=O)OC(C)(C)C.O=C=O. The molecular weight excluding hydrogens is 594 g/mol. The van der Waals surface area contributed by atoms with Gasteiger partial charge >= 0.3 is 18.1 Å². The molecule has 1 amide bonds. The average molecular weight is 648 g/mol. The van der Waals surface area contributed by atoms with Gasteiger partial charge in [-0.2, -0.15) is 9.59 Å². The molecule has 0 heterocycles. The van der Waals surface area contributed by atoms with Gasteiger partial charge < -0.3 is 34.1 Å². The van der Waals surface area contributed by atoms with E-state index in [1.165, 1.54) is 0 Å². The molecule has 14 nitrogen and oxygen atoms in total. The molecule has 0 aromatic heterocycles. The van der Waals surface area contributed by atoms with Gasteiger partial charge in [0.25, 0.3) is 0 Å². The first-order valence-electron chi connectivity index (χ1n) is 15.1. The van der Waals surface area contributed by atoms with Crippen LogP contribution in [0.1, 0.15) is 86.5 Å². The van der Waals surface area contributed by atoms with Crippen LogP contribution in [0.25, 0.3) is 0 Å². The number of hydrogen-bond acceptors (Lipinski definition) is 12. The van der Waals surface area contributed by atoms with Crippen LogP contribution in [0, 0.1) is 11.3 Å². The van der Waals surface area contributed by atoms with E-state index < -0.39 is 23.5 Å². The number of nitrogens with one attached hydrogen (secondary N) is 1. The quantitative estimate of drug-likeness (QED) is 0.108. The number of amides is 1. The third kappa shape index (κ3) is 33.7. The molecule has 0 aromatic carbocycles. The Morgan fingerprint density at radius 1 is 0.733 bits per heavy atom. The fourth-order valence-corrected chi connectivity index (χ4v) is 3.46. The molecule has 1 atom stereocenters. The standard InChI is InChI=1S/C30H53NO11.CO2/c1-29(2,3)12-11-24(32)20-23(28(37)42-30(4,5)6)9-10-26(34)31-13-15-39-17-18-40-21-25(33)8-7-14-38-16-19-41-22-27(35)36;2-1-3/h23H,7-22H2,1-6H3,(H,31,34)(H,35,36);/t23-;/m1./s1. The summed E-state index contributed by atoms with van der Waals surface area (Å²) in [6.07, 6.45) is 2.56. The second kappa shape index (κ2) is 26.2. The molecule has 0 aliphatic rings. The average Bonchev–Trinajstić information content (AvgIpc) is 2.91. The third-order valence-electron chi connectivity index (χ3n) is 5.63. The van der Waals surface area contributed by atoms with Crippen molar-refractivity contribution in [2.24, 2.45) is 11.3 Å². The molecule has 0 radical (unpaired) electrons. The normalized spacial score (nSPS) is 11.9. The maximum absolute atomic E-state index is 12.7. The minimum atomic E-state index is -1.03. The highest BCUT2D eigenvalue weighted by Gasteiger charge is 2.28. The Labute approximate surface area is 266 Å². The van der Waals surface area contributed by atoms with Crippen LogP contribution in [0.2, 0.25) is 0 Å². The maximum Gasteiger partial charge on any atom is 0.373 e. The van der Waals surface area contributed by atoms with Crippen LogP contribution in [0.5, 0.6) is 0 Å². The highest BCUT2D eigenvalue weighted by Crippen LogP contribution is 2.24. The molecule has 2 N–H and O–H groups in total. The zero-order chi connectivity index (χ0) is 34.7. The van der Waals surface area contributed by atoms with Gasteiger partial charge in [0.15, 0.2) is 5.78 Å². The second-order valence-corrected chi connectivity index (χ2v) is 12.4. The lowest BCUT2D eigenvalue weighted by Gasteiger charge is -2.24. The lowest BCUT2D eigenvalue weighted by molar-refractivity contribution is -0.191. The first-order valence-corrected chi connectivity index (χ1v) is 15.1. The number of carbonyl (C=O) groups is 5. The molecular formula is C31H53NO13. The zero-order valence-electron chi connectivity index (χ0n) is 27.7. The predicted octanol–water partition coefficient (Wildman–Crippen LogP) is 2.54. The molecule has 14 heteroatoms. The summed E-state index contributed by atoms with van der Waals surface area (Å²) in [5, 5.41) is 11.2. The van der Waals surface area contributed by atoms with E-state index in [2.05, 4.69) is 26.1 Å². The minimum absolute atomic E-state index is 0.00945. The number of ketones is 2. The smallest absolute Gasteiger partial charge is 0.373 e. The molecule has 260 valence electrons. The van der Waals surface area contributed by atoms with E-state index in [4.69, 9.17) is 38.4 Å². The summed E-state index contributed by atoms with van der Waals surface area (Å²) >= 11 is 0. The summed E-state index contributed by atoms with van der Waals surface area (Å²) < 4.78 is 26.3. The van der Waals surface area contributed by atoms with Gasteiger partial charge in [0, 0.05) is 38.8 Å². The first-order chi connectivity index (χ1) is 21.0. The van der Waals surface area contributed by atoms with E-state index in [1.54, 1.807) is 20.8 Å². The number of carboxylic acid groups (broad SMARTS) is 1. The van der Waals surface area contributed by atoms with E-state index in [9.17, 15) is 24.0 Å². The number of esters is 1. The highest BCUT2D eigenvalue weighted by atomic mass is 16.6. The summed E-state index contributed by atoms with van der Waals surface area (Å²) in [5.74, 6) is -2.48. The van der Waals surface area contributed by atoms with Gasteiger partial charge in [0.05, 0.1) is 39.0 Å². The highest BCUT2D eigenvalue weighted by molar-refractivity contribution is 5.85. The van der Waals surface area contributed by atoms with Crippen molar-refractivity contribution in [1.82, 2.24) is 5.32 Å². The van der Waals surface area contributed by atoms with E-state index in [0.29, 0.717) is 25.9 Å². The molecule has 0 saturated heterocycles. The number of rotatable bonds is 25. The number of carboxylic acids is 1. The molecule has 0 bridgehead atoms. The van der Waals surface area contributed by atoms with Crippen molar-refractivity contribution >= 4 is 35.6 Å². The summed E-state index contributed by atoms with van der Waals surface area (Å²) in [7, 11) is 0. The third-order valence-corrected chi connectivity index (χ3v) is 5.63. The molecule has 0 aliphatic heterocycles. The Morgan fingerprint density at radius 2 is 1.29 bits per heavy atom. The van der Waals surface area contributed by atoms with Gasteiger partial charge in [-0.15, -0.1) is 0 Å². The van der Waals surface area contributed by atoms with Crippen molar-refractivity contribution in [1.29, 1.82) is 0 Å². The summed E-state index contributed by atoms with van der Waals surface area (Å²) in [5.41, 5.74) is -0.666. The molecule has 0 fully saturated rings. The summed E-state index contributed by atoms with van der Waals surface area (Å²) in [4.78, 5) is 75.8. The predicted molar refractivity (Wildman–Crippen MR) is 160 cm³/mol.